The highest BCUT2D eigenvalue weighted by atomic mass is 16.5. The van der Waals surface area contributed by atoms with Gasteiger partial charge < -0.3 is 19.9 Å². The first-order valence-corrected chi connectivity index (χ1v) is 8.80. The molecule has 1 fully saturated rings. The van der Waals surface area contributed by atoms with Gasteiger partial charge in [-0.1, -0.05) is 30.3 Å². The van der Waals surface area contributed by atoms with E-state index in [1.807, 2.05) is 7.05 Å². The third kappa shape index (κ3) is 5.80. The summed E-state index contributed by atoms with van der Waals surface area (Å²) in [6.07, 6.45) is 2.17. The van der Waals surface area contributed by atoms with Gasteiger partial charge in [0, 0.05) is 45.8 Å². The Kier molecular flexibility index (Phi) is 7.53. The number of rotatable bonds is 7. The fourth-order valence-corrected chi connectivity index (χ4v) is 3.12. The molecule has 1 saturated heterocycles. The summed E-state index contributed by atoms with van der Waals surface area (Å²) in [5.74, 6) is 1.57. The first kappa shape index (κ1) is 18.7. The van der Waals surface area contributed by atoms with Crippen molar-refractivity contribution >= 4 is 5.96 Å². The van der Waals surface area contributed by atoms with Crippen molar-refractivity contribution in [3.8, 4) is 0 Å². The Morgan fingerprint density at radius 3 is 2.62 bits per heavy atom. The van der Waals surface area contributed by atoms with Gasteiger partial charge >= 0.3 is 0 Å². The molecule has 1 aliphatic heterocycles. The molecule has 0 aliphatic carbocycles. The molecule has 0 amide bonds. The molecule has 1 aromatic carbocycles. The lowest BCUT2D eigenvalue weighted by molar-refractivity contribution is 0.181. The number of benzene rings is 1. The molecule has 0 bridgehead atoms. The Bertz CT molecular complexity index is 497. The lowest BCUT2D eigenvalue weighted by Crippen LogP contribution is -2.47. The van der Waals surface area contributed by atoms with Crippen molar-refractivity contribution in [1.29, 1.82) is 0 Å². The molecule has 1 aliphatic rings. The van der Waals surface area contributed by atoms with Crippen molar-refractivity contribution in [2.24, 2.45) is 10.9 Å². The van der Waals surface area contributed by atoms with Crippen LogP contribution in [0.4, 0.5) is 0 Å². The van der Waals surface area contributed by atoms with Crippen LogP contribution in [0.2, 0.25) is 0 Å². The molecule has 0 radical (unpaired) electrons. The van der Waals surface area contributed by atoms with Gasteiger partial charge in [0.1, 0.15) is 0 Å². The Balaban J connectivity index is 1.86. The van der Waals surface area contributed by atoms with Crippen molar-refractivity contribution in [3.63, 3.8) is 0 Å². The molecule has 1 heterocycles. The average molecular weight is 332 g/mol. The lowest BCUT2D eigenvalue weighted by Gasteiger charge is -2.29. The molecule has 134 valence electrons. The Morgan fingerprint density at radius 2 is 2.04 bits per heavy atom. The van der Waals surface area contributed by atoms with E-state index in [-0.39, 0.29) is 0 Å². The first-order valence-electron chi connectivity index (χ1n) is 8.80. The van der Waals surface area contributed by atoms with Crippen molar-refractivity contribution < 1.29 is 4.74 Å². The minimum Gasteiger partial charge on any atom is -0.381 e. The van der Waals surface area contributed by atoms with Gasteiger partial charge in [0.15, 0.2) is 5.96 Å². The molecule has 5 nitrogen and oxygen atoms in total. The Hall–Kier alpha value is -1.59. The molecule has 0 spiro atoms. The SMILES string of the molecule is CN=C(NCC(Cc1ccccc1)N(C)C)N(C)CC1CCOC1. The van der Waals surface area contributed by atoms with Gasteiger partial charge in [-0.2, -0.15) is 0 Å². The largest absolute Gasteiger partial charge is 0.381 e. The van der Waals surface area contributed by atoms with Crippen molar-refractivity contribution in [2.75, 3.05) is 54.5 Å². The number of nitrogens with one attached hydrogen (secondary N) is 1. The second kappa shape index (κ2) is 9.64. The zero-order chi connectivity index (χ0) is 17.4. The molecule has 0 aromatic heterocycles. The molecule has 0 saturated carbocycles. The maximum absolute atomic E-state index is 5.47. The summed E-state index contributed by atoms with van der Waals surface area (Å²) in [4.78, 5) is 8.93. The van der Waals surface area contributed by atoms with Crippen LogP contribution in [0.15, 0.2) is 35.3 Å². The van der Waals surface area contributed by atoms with Gasteiger partial charge in [-0.25, -0.2) is 0 Å². The van der Waals surface area contributed by atoms with E-state index in [0.717, 1.165) is 45.1 Å². The second-order valence-electron chi connectivity index (χ2n) is 6.85. The summed E-state index contributed by atoms with van der Waals surface area (Å²) in [5, 5.41) is 3.54. The van der Waals surface area contributed by atoms with Crippen LogP contribution in [0.1, 0.15) is 12.0 Å². The molecule has 24 heavy (non-hydrogen) atoms. The van der Waals surface area contributed by atoms with Crippen LogP contribution >= 0.6 is 0 Å². The van der Waals surface area contributed by atoms with E-state index in [1.165, 1.54) is 5.56 Å². The highest BCUT2D eigenvalue weighted by Gasteiger charge is 2.20. The molecule has 1 N–H and O–H groups in total. The number of hydrogen-bond donors (Lipinski definition) is 1. The van der Waals surface area contributed by atoms with E-state index < -0.39 is 0 Å². The fourth-order valence-electron chi connectivity index (χ4n) is 3.12. The van der Waals surface area contributed by atoms with E-state index in [1.54, 1.807) is 0 Å². The van der Waals surface area contributed by atoms with Crippen molar-refractivity contribution in [2.45, 2.75) is 18.9 Å². The van der Waals surface area contributed by atoms with Crippen LogP contribution < -0.4 is 5.32 Å². The van der Waals surface area contributed by atoms with Crippen LogP contribution in [0.25, 0.3) is 0 Å². The number of likely N-dealkylation sites (N-methyl/N-ethyl adjacent to an activating group) is 1. The van der Waals surface area contributed by atoms with Crippen LogP contribution in [0.5, 0.6) is 0 Å². The number of guanidine groups is 1. The Labute approximate surface area is 146 Å². The van der Waals surface area contributed by atoms with E-state index in [9.17, 15) is 0 Å². The van der Waals surface area contributed by atoms with Crippen LogP contribution in [0.3, 0.4) is 0 Å². The quantitative estimate of drug-likeness (QED) is 0.609. The molecule has 2 unspecified atom stereocenters. The third-order valence-electron chi connectivity index (χ3n) is 4.67. The highest BCUT2D eigenvalue weighted by Crippen LogP contribution is 2.13. The van der Waals surface area contributed by atoms with Crippen molar-refractivity contribution in [3.05, 3.63) is 35.9 Å². The first-order chi connectivity index (χ1) is 11.6. The summed E-state index contributed by atoms with van der Waals surface area (Å²) in [5.41, 5.74) is 1.37. The molecular formula is C19H32N4O. The predicted molar refractivity (Wildman–Crippen MR) is 101 cm³/mol. The van der Waals surface area contributed by atoms with E-state index in [4.69, 9.17) is 4.74 Å². The summed E-state index contributed by atoms with van der Waals surface area (Å²) >= 11 is 0. The minimum atomic E-state index is 0.423. The Morgan fingerprint density at radius 1 is 1.29 bits per heavy atom. The molecule has 2 atom stereocenters. The standard InChI is InChI=1S/C19H32N4O/c1-20-19(23(4)14-17-10-11-24-15-17)21-13-18(22(2)3)12-16-8-6-5-7-9-16/h5-9,17-18H,10-15H2,1-4H3,(H,20,21). The van der Waals surface area contributed by atoms with Crippen molar-refractivity contribution in [1.82, 2.24) is 15.1 Å². The molecule has 1 aromatic rings. The van der Waals surface area contributed by atoms with Crippen LogP contribution in [-0.4, -0.2) is 76.3 Å². The van der Waals surface area contributed by atoms with Gasteiger partial charge in [0.25, 0.3) is 0 Å². The minimum absolute atomic E-state index is 0.423. The van der Waals surface area contributed by atoms with Gasteiger partial charge in [0.05, 0.1) is 6.61 Å². The normalized spacial score (nSPS) is 19.5. The fraction of sp³-hybridized carbons (Fsp3) is 0.632. The summed E-state index contributed by atoms with van der Waals surface area (Å²) < 4.78 is 5.47. The maximum Gasteiger partial charge on any atom is 0.193 e. The molecular weight excluding hydrogens is 300 g/mol. The van der Waals surface area contributed by atoms with E-state index in [2.05, 4.69) is 71.6 Å². The zero-order valence-electron chi connectivity index (χ0n) is 15.5. The number of nitrogens with zero attached hydrogens (tertiary/aromatic N) is 3. The molecule has 5 heteroatoms. The topological polar surface area (TPSA) is 40.1 Å². The summed E-state index contributed by atoms with van der Waals surface area (Å²) in [6.45, 7) is 3.63. The highest BCUT2D eigenvalue weighted by molar-refractivity contribution is 5.79. The van der Waals surface area contributed by atoms with Gasteiger partial charge in [-0.3, -0.25) is 4.99 Å². The monoisotopic (exact) mass is 332 g/mol. The second-order valence-corrected chi connectivity index (χ2v) is 6.85. The summed E-state index contributed by atoms with van der Waals surface area (Å²) in [7, 11) is 8.23. The number of ether oxygens (including phenoxy) is 1. The maximum atomic E-state index is 5.47. The van der Waals surface area contributed by atoms with E-state index >= 15 is 0 Å². The average Bonchev–Trinajstić information content (AvgIpc) is 3.08. The van der Waals surface area contributed by atoms with Crippen LogP contribution in [0, 0.1) is 5.92 Å². The number of hydrogen-bond acceptors (Lipinski definition) is 3. The van der Waals surface area contributed by atoms with Gasteiger partial charge in [0.2, 0.25) is 0 Å². The van der Waals surface area contributed by atoms with E-state index in [0.29, 0.717) is 12.0 Å². The zero-order valence-corrected chi connectivity index (χ0v) is 15.5. The van der Waals surface area contributed by atoms with Gasteiger partial charge in [-0.05, 0) is 32.5 Å². The third-order valence-corrected chi connectivity index (χ3v) is 4.67. The molecule has 2 rings (SSSR count). The number of aliphatic imine (C=N–C) groups is 1. The predicted octanol–water partition coefficient (Wildman–Crippen LogP) is 1.70. The smallest absolute Gasteiger partial charge is 0.193 e. The summed E-state index contributed by atoms with van der Waals surface area (Å²) in [6, 6.07) is 11.1. The van der Waals surface area contributed by atoms with Gasteiger partial charge in [-0.15, -0.1) is 0 Å². The van der Waals surface area contributed by atoms with Crippen LogP contribution in [-0.2, 0) is 11.2 Å². The lowest BCUT2D eigenvalue weighted by atomic mass is 10.1.